The van der Waals surface area contributed by atoms with Gasteiger partial charge in [-0.1, -0.05) is 0 Å². The highest BCUT2D eigenvalue weighted by Gasteiger charge is 2.30. The van der Waals surface area contributed by atoms with Crippen molar-refractivity contribution in [1.29, 1.82) is 0 Å². The van der Waals surface area contributed by atoms with Crippen LogP contribution in [0.5, 0.6) is 0 Å². The molecule has 0 spiro atoms. The van der Waals surface area contributed by atoms with Crippen molar-refractivity contribution in [3.05, 3.63) is 0 Å². The van der Waals surface area contributed by atoms with E-state index >= 15 is 0 Å². The molecule has 0 bridgehead atoms. The zero-order valence-corrected chi connectivity index (χ0v) is 9.66. The molecule has 5 nitrogen and oxygen atoms in total. The van der Waals surface area contributed by atoms with Crippen LogP contribution < -0.4 is 10.6 Å². The number of carbonyl (C=O) groups is 2. The summed E-state index contributed by atoms with van der Waals surface area (Å²) in [6.07, 6.45) is 2.72. The van der Waals surface area contributed by atoms with E-state index in [9.17, 15) is 9.59 Å². The number of likely N-dealkylation sites (tertiary alicyclic amines) is 1. The van der Waals surface area contributed by atoms with E-state index in [0.29, 0.717) is 12.3 Å². The summed E-state index contributed by atoms with van der Waals surface area (Å²) in [6.45, 7) is 3.07. The molecule has 2 amide bonds. The maximum Gasteiger partial charge on any atom is 0.244 e. The van der Waals surface area contributed by atoms with E-state index in [-0.39, 0.29) is 17.9 Å². The molecular formula is C11H19N3O2. The monoisotopic (exact) mass is 225 g/mol. The highest BCUT2D eigenvalue weighted by atomic mass is 16.2. The van der Waals surface area contributed by atoms with E-state index in [1.165, 1.54) is 19.4 Å². The highest BCUT2D eigenvalue weighted by Crippen LogP contribution is 2.14. The van der Waals surface area contributed by atoms with Gasteiger partial charge in [-0.3, -0.25) is 14.9 Å². The molecule has 2 fully saturated rings. The first-order valence-electron chi connectivity index (χ1n) is 5.91. The fourth-order valence-electron chi connectivity index (χ4n) is 2.47. The van der Waals surface area contributed by atoms with Gasteiger partial charge in [-0.05, 0) is 38.9 Å². The molecule has 2 rings (SSSR count). The third-order valence-corrected chi connectivity index (χ3v) is 3.34. The van der Waals surface area contributed by atoms with Crippen LogP contribution in [0.25, 0.3) is 0 Å². The van der Waals surface area contributed by atoms with Crippen molar-refractivity contribution in [3.63, 3.8) is 0 Å². The summed E-state index contributed by atoms with van der Waals surface area (Å²) >= 11 is 0. The summed E-state index contributed by atoms with van der Waals surface area (Å²) in [7, 11) is 2.12. The van der Waals surface area contributed by atoms with Crippen molar-refractivity contribution >= 4 is 11.8 Å². The Labute approximate surface area is 95.6 Å². The van der Waals surface area contributed by atoms with E-state index < -0.39 is 0 Å². The van der Waals surface area contributed by atoms with Crippen molar-refractivity contribution in [1.82, 2.24) is 15.5 Å². The largest absolute Gasteiger partial charge is 0.306 e. The average molecular weight is 225 g/mol. The first-order valence-corrected chi connectivity index (χ1v) is 5.91. The number of rotatable bonds is 3. The molecule has 2 heterocycles. The number of hydrogen-bond donors (Lipinski definition) is 2. The third kappa shape index (κ3) is 2.80. The molecule has 5 heteroatoms. The van der Waals surface area contributed by atoms with E-state index in [1.54, 1.807) is 0 Å². The molecule has 2 unspecified atom stereocenters. The third-order valence-electron chi connectivity index (χ3n) is 3.34. The molecule has 16 heavy (non-hydrogen) atoms. The smallest absolute Gasteiger partial charge is 0.244 e. The SMILES string of the molecule is CN1CCCC(CNC2CC(=O)NC2=O)C1. The predicted molar refractivity (Wildman–Crippen MR) is 59.8 cm³/mol. The van der Waals surface area contributed by atoms with Gasteiger partial charge in [0.15, 0.2) is 0 Å². The Morgan fingerprint density at radius 3 is 2.94 bits per heavy atom. The van der Waals surface area contributed by atoms with Gasteiger partial charge < -0.3 is 10.2 Å². The van der Waals surface area contributed by atoms with Crippen molar-refractivity contribution in [2.24, 2.45) is 5.92 Å². The van der Waals surface area contributed by atoms with Crippen LogP contribution >= 0.6 is 0 Å². The van der Waals surface area contributed by atoms with E-state index in [2.05, 4.69) is 22.6 Å². The second-order valence-corrected chi connectivity index (χ2v) is 4.85. The molecular weight excluding hydrogens is 206 g/mol. The molecule has 0 saturated carbocycles. The zero-order chi connectivity index (χ0) is 11.5. The zero-order valence-electron chi connectivity index (χ0n) is 9.66. The lowest BCUT2D eigenvalue weighted by Crippen LogP contribution is -2.43. The molecule has 2 saturated heterocycles. The Balaban J connectivity index is 1.74. The molecule has 2 aliphatic heterocycles. The standard InChI is InChI=1S/C11H19N3O2/c1-14-4-2-3-8(7-14)6-12-9-5-10(15)13-11(9)16/h8-9,12H,2-7H2,1H3,(H,13,15,16). The van der Waals surface area contributed by atoms with E-state index in [1.807, 2.05) is 0 Å². The Morgan fingerprint density at radius 1 is 1.50 bits per heavy atom. The molecule has 90 valence electrons. The first kappa shape index (κ1) is 11.5. The normalized spacial score (nSPS) is 31.8. The number of amides is 2. The molecule has 2 N–H and O–H groups in total. The summed E-state index contributed by atoms with van der Waals surface area (Å²) in [6, 6.07) is -0.306. The molecule has 0 aromatic carbocycles. The summed E-state index contributed by atoms with van der Waals surface area (Å²) in [4.78, 5) is 24.6. The number of carbonyl (C=O) groups excluding carboxylic acids is 2. The molecule has 0 radical (unpaired) electrons. The van der Waals surface area contributed by atoms with Gasteiger partial charge >= 0.3 is 0 Å². The minimum Gasteiger partial charge on any atom is -0.306 e. The van der Waals surface area contributed by atoms with Crippen LogP contribution in [0.4, 0.5) is 0 Å². The van der Waals surface area contributed by atoms with Crippen molar-refractivity contribution in [2.75, 3.05) is 26.7 Å². The number of nitrogens with one attached hydrogen (secondary N) is 2. The lowest BCUT2D eigenvalue weighted by atomic mass is 9.98. The van der Waals surface area contributed by atoms with Crippen LogP contribution in [-0.2, 0) is 9.59 Å². The molecule has 0 aliphatic carbocycles. The number of hydrogen-bond acceptors (Lipinski definition) is 4. The number of piperidine rings is 1. The first-order chi connectivity index (χ1) is 7.65. The topological polar surface area (TPSA) is 61.4 Å². The van der Waals surface area contributed by atoms with Crippen molar-refractivity contribution < 1.29 is 9.59 Å². The lowest BCUT2D eigenvalue weighted by Gasteiger charge is -2.30. The second-order valence-electron chi connectivity index (χ2n) is 4.85. The molecule has 2 atom stereocenters. The predicted octanol–water partition coefficient (Wildman–Crippen LogP) is -0.667. The maximum absolute atomic E-state index is 11.3. The highest BCUT2D eigenvalue weighted by molar-refractivity contribution is 6.05. The Hall–Kier alpha value is -0.940. The van der Waals surface area contributed by atoms with Crippen molar-refractivity contribution in [2.45, 2.75) is 25.3 Å². The number of imide groups is 1. The van der Waals surface area contributed by atoms with E-state index in [4.69, 9.17) is 0 Å². The van der Waals surface area contributed by atoms with Gasteiger partial charge in [-0.25, -0.2) is 0 Å². The second kappa shape index (κ2) is 4.93. The molecule has 0 aromatic rings. The Bertz CT molecular complexity index is 293. The van der Waals surface area contributed by atoms with Gasteiger partial charge in [0.25, 0.3) is 0 Å². The summed E-state index contributed by atoms with van der Waals surface area (Å²) in [5.41, 5.74) is 0. The lowest BCUT2D eigenvalue weighted by molar-refractivity contribution is -0.125. The number of nitrogens with zero attached hydrogens (tertiary/aromatic N) is 1. The van der Waals surface area contributed by atoms with Crippen LogP contribution in [0.1, 0.15) is 19.3 Å². The van der Waals surface area contributed by atoms with Crippen molar-refractivity contribution in [3.8, 4) is 0 Å². The van der Waals surface area contributed by atoms with Gasteiger partial charge in [0.2, 0.25) is 11.8 Å². The van der Waals surface area contributed by atoms with Gasteiger partial charge in [0.1, 0.15) is 0 Å². The maximum atomic E-state index is 11.3. The Morgan fingerprint density at radius 2 is 2.31 bits per heavy atom. The summed E-state index contributed by atoms with van der Waals surface area (Å²) < 4.78 is 0. The van der Waals surface area contributed by atoms with Crippen LogP contribution in [0, 0.1) is 5.92 Å². The van der Waals surface area contributed by atoms with Gasteiger partial charge in [0.05, 0.1) is 12.5 Å². The summed E-state index contributed by atoms with van der Waals surface area (Å²) in [5.74, 6) is 0.264. The van der Waals surface area contributed by atoms with Gasteiger partial charge in [-0.2, -0.15) is 0 Å². The summed E-state index contributed by atoms with van der Waals surface area (Å²) in [5, 5.41) is 5.51. The quantitative estimate of drug-likeness (QED) is 0.626. The van der Waals surface area contributed by atoms with Gasteiger partial charge in [-0.15, -0.1) is 0 Å². The molecule has 0 aromatic heterocycles. The van der Waals surface area contributed by atoms with E-state index in [0.717, 1.165) is 13.1 Å². The fourth-order valence-corrected chi connectivity index (χ4v) is 2.47. The minimum atomic E-state index is -0.306. The fraction of sp³-hybridized carbons (Fsp3) is 0.818. The minimum absolute atomic E-state index is 0.164. The average Bonchev–Trinajstić information content (AvgIpc) is 2.54. The van der Waals surface area contributed by atoms with Crippen LogP contribution in [0.3, 0.4) is 0 Å². The van der Waals surface area contributed by atoms with Crippen LogP contribution in [0.15, 0.2) is 0 Å². The Kier molecular flexibility index (Phi) is 3.56. The van der Waals surface area contributed by atoms with Crippen LogP contribution in [0.2, 0.25) is 0 Å². The molecule has 2 aliphatic rings. The van der Waals surface area contributed by atoms with Gasteiger partial charge in [0, 0.05) is 6.54 Å². The van der Waals surface area contributed by atoms with Crippen LogP contribution in [-0.4, -0.2) is 49.4 Å².